The summed E-state index contributed by atoms with van der Waals surface area (Å²) in [6.07, 6.45) is 7.74. The van der Waals surface area contributed by atoms with Gasteiger partial charge in [0.25, 0.3) is 0 Å². The third-order valence-electron chi connectivity index (χ3n) is 11.8. The number of aliphatic hydroxyl groups excluding tert-OH is 1. The molecule has 4 aliphatic carbocycles. The van der Waals surface area contributed by atoms with Gasteiger partial charge in [-0.05, 0) is 87.3 Å². The normalized spacial score (nSPS) is 48.1. The van der Waals surface area contributed by atoms with Crippen molar-refractivity contribution in [1.29, 1.82) is 0 Å². The minimum absolute atomic E-state index is 0.0241. The molecule has 5 heteroatoms. The van der Waals surface area contributed by atoms with Gasteiger partial charge >= 0.3 is 0 Å². The minimum Gasteiger partial charge on any atom is -0.480 e. The fourth-order valence-corrected chi connectivity index (χ4v) is 9.38. The van der Waals surface area contributed by atoms with Crippen molar-refractivity contribution in [2.24, 2.45) is 50.8 Å². The Hall–Kier alpha value is -1.20. The van der Waals surface area contributed by atoms with E-state index in [1.54, 1.807) is 0 Å². The highest BCUT2D eigenvalue weighted by Crippen LogP contribution is 2.68. The molecule has 0 aromatic carbocycles. The molecule has 1 N–H and O–H groups in total. The van der Waals surface area contributed by atoms with Crippen molar-refractivity contribution in [3.8, 4) is 0 Å². The second kappa shape index (κ2) is 8.41. The summed E-state index contributed by atoms with van der Waals surface area (Å²) in [6, 6.07) is 0.555. The highest BCUT2D eigenvalue weighted by atomic mass is 16.5. The second-order valence-electron chi connectivity index (χ2n) is 14.0. The van der Waals surface area contributed by atoms with Gasteiger partial charge in [-0.3, -0.25) is 9.79 Å². The van der Waals surface area contributed by atoms with E-state index in [-0.39, 0.29) is 40.2 Å². The standard InChI is InChI=1S/C30H48N2O3/c1-17(2)27-31-25-12-9-19-13-20-22(11-10-21(19)28(25,4)16-35-27)29(5)15-24(34)26(18(3)32(7)8)30(29,6)14-23(20)33/h13,17-19,21-22,24-26,34H,9-12,14-16H2,1-8H3/t18-,19-,21+,22+,24+,25?,26-,28-,29-,30+/m0/s1. The molecule has 0 spiro atoms. The van der Waals surface area contributed by atoms with Crippen molar-refractivity contribution in [3.05, 3.63) is 11.6 Å². The summed E-state index contributed by atoms with van der Waals surface area (Å²) in [7, 11) is 4.19. The summed E-state index contributed by atoms with van der Waals surface area (Å²) in [5, 5.41) is 11.4. The Labute approximate surface area is 212 Å². The summed E-state index contributed by atoms with van der Waals surface area (Å²) in [6.45, 7) is 14.4. The molecular weight excluding hydrogens is 436 g/mol. The van der Waals surface area contributed by atoms with E-state index in [2.05, 4.69) is 66.6 Å². The molecule has 1 aliphatic heterocycles. The number of rotatable bonds is 3. The second-order valence-corrected chi connectivity index (χ2v) is 14.0. The number of hydrogen-bond donors (Lipinski definition) is 1. The van der Waals surface area contributed by atoms with Gasteiger partial charge in [0.1, 0.15) is 0 Å². The molecule has 0 aromatic rings. The van der Waals surface area contributed by atoms with E-state index in [1.807, 2.05) is 0 Å². The molecule has 5 nitrogen and oxygen atoms in total. The predicted octanol–water partition coefficient (Wildman–Crippen LogP) is 5.12. The van der Waals surface area contributed by atoms with Crippen LogP contribution >= 0.6 is 0 Å². The number of aliphatic imine (C=N–C) groups is 1. The lowest BCUT2D eigenvalue weighted by Crippen LogP contribution is -2.53. The van der Waals surface area contributed by atoms with Gasteiger partial charge in [-0.1, -0.05) is 40.7 Å². The SMILES string of the molecule is CC(C)C1=NC2CC[C@H]3C=C4C(=O)C[C@]5(C)[C@@H]([C@H](C)N(C)C)[C@H](O)C[C@@]5(C)[C@@H]4CC[C@H]3[C@]2(C)CO1. The van der Waals surface area contributed by atoms with Crippen LogP contribution in [-0.4, -0.2) is 60.6 Å². The zero-order chi connectivity index (χ0) is 25.5. The maximum absolute atomic E-state index is 13.9. The van der Waals surface area contributed by atoms with Crippen LogP contribution < -0.4 is 0 Å². The Kier molecular flexibility index (Phi) is 6.12. The number of ketones is 1. The molecule has 10 atom stereocenters. The lowest BCUT2D eigenvalue weighted by Gasteiger charge is -2.54. The maximum Gasteiger partial charge on any atom is 0.186 e. The molecule has 196 valence electrons. The molecule has 0 aromatic heterocycles. The van der Waals surface area contributed by atoms with Crippen LogP contribution in [0.4, 0.5) is 0 Å². The first-order valence-electron chi connectivity index (χ1n) is 14.1. The van der Waals surface area contributed by atoms with Gasteiger partial charge in [-0.15, -0.1) is 0 Å². The first kappa shape index (κ1) is 25.4. The number of carbonyl (C=O) groups is 1. The minimum atomic E-state index is -0.363. The maximum atomic E-state index is 13.9. The molecule has 3 fully saturated rings. The Bertz CT molecular complexity index is 940. The largest absolute Gasteiger partial charge is 0.480 e. The van der Waals surface area contributed by atoms with E-state index in [9.17, 15) is 9.90 Å². The van der Waals surface area contributed by atoms with Gasteiger partial charge in [-0.25, -0.2) is 0 Å². The number of fused-ring (bicyclic) bond motifs is 6. The molecule has 35 heavy (non-hydrogen) atoms. The highest BCUT2D eigenvalue weighted by Gasteiger charge is 2.67. The topological polar surface area (TPSA) is 62.1 Å². The van der Waals surface area contributed by atoms with E-state index >= 15 is 0 Å². The predicted molar refractivity (Wildman–Crippen MR) is 140 cm³/mol. The van der Waals surface area contributed by atoms with Crippen molar-refractivity contribution in [1.82, 2.24) is 4.90 Å². The van der Waals surface area contributed by atoms with Gasteiger partial charge in [0.15, 0.2) is 11.7 Å². The fraction of sp³-hybridized carbons (Fsp3) is 0.867. The van der Waals surface area contributed by atoms with Crippen LogP contribution in [-0.2, 0) is 9.53 Å². The first-order valence-corrected chi connectivity index (χ1v) is 14.1. The molecule has 1 heterocycles. The van der Waals surface area contributed by atoms with Crippen LogP contribution in [0.3, 0.4) is 0 Å². The Morgan fingerprint density at radius 1 is 1.09 bits per heavy atom. The van der Waals surface area contributed by atoms with E-state index in [0.717, 1.165) is 50.2 Å². The van der Waals surface area contributed by atoms with Gasteiger partial charge in [0, 0.05) is 29.7 Å². The van der Waals surface area contributed by atoms with Gasteiger partial charge in [0.2, 0.25) is 0 Å². The Morgan fingerprint density at radius 2 is 1.80 bits per heavy atom. The molecular formula is C30H48N2O3. The molecule has 0 amide bonds. The van der Waals surface area contributed by atoms with Crippen LogP contribution in [0, 0.1) is 45.8 Å². The summed E-state index contributed by atoms with van der Waals surface area (Å²) >= 11 is 0. The Balaban J connectivity index is 1.50. The van der Waals surface area contributed by atoms with Gasteiger partial charge < -0.3 is 14.7 Å². The van der Waals surface area contributed by atoms with E-state index < -0.39 is 0 Å². The van der Waals surface area contributed by atoms with Crippen LogP contribution in [0.25, 0.3) is 0 Å². The smallest absolute Gasteiger partial charge is 0.186 e. The molecule has 1 unspecified atom stereocenters. The van der Waals surface area contributed by atoms with Gasteiger partial charge in [0.05, 0.1) is 18.8 Å². The lowest BCUT2D eigenvalue weighted by atomic mass is 9.50. The zero-order valence-electron chi connectivity index (χ0n) is 23.3. The van der Waals surface area contributed by atoms with Crippen molar-refractivity contribution in [3.63, 3.8) is 0 Å². The van der Waals surface area contributed by atoms with Crippen LogP contribution in [0.5, 0.6) is 0 Å². The molecule has 3 saturated carbocycles. The van der Waals surface area contributed by atoms with Gasteiger partial charge in [-0.2, -0.15) is 0 Å². The average molecular weight is 485 g/mol. The number of hydrogen-bond acceptors (Lipinski definition) is 5. The number of aliphatic hydroxyl groups is 1. The van der Waals surface area contributed by atoms with Crippen LogP contribution in [0.15, 0.2) is 16.6 Å². The van der Waals surface area contributed by atoms with Crippen LogP contribution in [0.1, 0.15) is 80.1 Å². The summed E-state index contributed by atoms with van der Waals surface area (Å²) in [4.78, 5) is 21.2. The van der Waals surface area contributed by atoms with E-state index in [0.29, 0.717) is 36.0 Å². The highest BCUT2D eigenvalue weighted by molar-refractivity contribution is 5.98. The summed E-state index contributed by atoms with van der Waals surface area (Å²) in [5.41, 5.74) is 0.853. The molecule has 0 bridgehead atoms. The monoisotopic (exact) mass is 484 g/mol. The number of Topliss-reactive ketones (excluding diaryl/α,β-unsaturated/α-hetero) is 1. The zero-order valence-corrected chi connectivity index (χ0v) is 23.3. The molecule has 0 saturated heterocycles. The van der Waals surface area contributed by atoms with Crippen molar-refractivity contribution >= 4 is 11.7 Å². The van der Waals surface area contributed by atoms with E-state index in [1.165, 1.54) is 0 Å². The van der Waals surface area contributed by atoms with Crippen molar-refractivity contribution in [2.75, 3.05) is 20.7 Å². The molecule has 5 rings (SSSR count). The Morgan fingerprint density at radius 3 is 2.46 bits per heavy atom. The molecule has 0 radical (unpaired) electrons. The number of nitrogens with zero attached hydrogens (tertiary/aromatic N) is 2. The van der Waals surface area contributed by atoms with Crippen molar-refractivity contribution < 1.29 is 14.6 Å². The third-order valence-corrected chi connectivity index (χ3v) is 11.8. The van der Waals surface area contributed by atoms with Crippen molar-refractivity contribution in [2.45, 2.75) is 98.3 Å². The fourth-order valence-electron chi connectivity index (χ4n) is 9.38. The number of allylic oxidation sites excluding steroid dienone is 2. The summed E-state index contributed by atoms with van der Waals surface area (Å²) in [5.74, 6) is 2.85. The third kappa shape index (κ3) is 3.54. The van der Waals surface area contributed by atoms with Crippen LogP contribution in [0.2, 0.25) is 0 Å². The first-order chi connectivity index (χ1) is 16.3. The quantitative estimate of drug-likeness (QED) is 0.604. The lowest BCUT2D eigenvalue weighted by molar-refractivity contribution is -0.129. The average Bonchev–Trinajstić information content (AvgIpc) is 2.91. The molecule has 5 aliphatic rings. The summed E-state index contributed by atoms with van der Waals surface area (Å²) < 4.78 is 6.25. The number of ether oxygens (including phenoxy) is 1. The number of carbonyl (C=O) groups excluding carboxylic acids is 1. The van der Waals surface area contributed by atoms with E-state index in [4.69, 9.17) is 9.73 Å².